The van der Waals surface area contributed by atoms with Crippen LogP contribution in [0.4, 0.5) is 13.2 Å². The number of carboxylic acid groups (broad SMARTS) is 1. The van der Waals surface area contributed by atoms with Crippen molar-refractivity contribution in [3.8, 4) is 16.9 Å². The number of fused-ring (bicyclic) bond motifs is 1. The van der Waals surface area contributed by atoms with Crippen LogP contribution in [-0.4, -0.2) is 31.3 Å². The Kier molecular flexibility index (Phi) is 7.81. The number of carbonyl (C=O) groups is 1. The molecule has 0 aromatic heterocycles. The monoisotopic (exact) mass is 574 g/mol. The van der Waals surface area contributed by atoms with E-state index < -0.39 is 45.3 Å². The largest absolute Gasteiger partial charge is 0.546 e. The van der Waals surface area contributed by atoms with Gasteiger partial charge in [-0.15, -0.1) is 0 Å². The smallest absolute Gasteiger partial charge is 0.416 e. The maximum atomic E-state index is 13.9. The molecule has 3 aromatic carbocycles. The lowest BCUT2D eigenvalue weighted by molar-refractivity contribution is -0.313. The maximum Gasteiger partial charge on any atom is 0.416 e. The van der Waals surface area contributed by atoms with Crippen LogP contribution in [0.5, 0.6) is 5.75 Å². The second-order valence-electron chi connectivity index (χ2n) is 10.7. The Bertz CT molecular complexity index is 1530. The summed E-state index contributed by atoms with van der Waals surface area (Å²) in [6.07, 6.45) is -5.40. The highest BCUT2D eigenvalue weighted by Gasteiger charge is 2.42. The predicted octanol–water partition coefficient (Wildman–Crippen LogP) is 5.63. The average Bonchev–Trinajstić information content (AvgIpc) is 2.89. The third-order valence-corrected chi connectivity index (χ3v) is 9.33. The molecule has 0 saturated heterocycles. The van der Waals surface area contributed by atoms with Gasteiger partial charge in [0.1, 0.15) is 11.9 Å². The Morgan fingerprint density at radius 2 is 1.70 bits per heavy atom. The van der Waals surface area contributed by atoms with Crippen LogP contribution in [-0.2, 0) is 26.4 Å². The zero-order valence-corrected chi connectivity index (χ0v) is 23.7. The summed E-state index contributed by atoms with van der Waals surface area (Å²) in [7, 11) is -3.99. The molecule has 0 N–H and O–H groups in total. The van der Waals surface area contributed by atoms with Crippen LogP contribution in [0.1, 0.15) is 62.4 Å². The van der Waals surface area contributed by atoms with E-state index in [0.29, 0.717) is 16.7 Å². The number of aliphatic carboxylic acids is 1. The minimum absolute atomic E-state index is 0.0452. The lowest BCUT2D eigenvalue weighted by Crippen LogP contribution is -2.47. The van der Waals surface area contributed by atoms with Crippen LogP contribution < -0.4 is 9.84 Å². The van der Waals surface area contributed by atoms with Crippen molar-refractivity contribution in [2.45, 2.75) is 69.7 Å². The number of nitrogens with zero attached hydrogens (tertiary/aromatic N) is 1. The van der Waals surface area contributed by atoms with E-state index in [1.165, 1.54) is 34.6 Å². The second-order valence-corrected chi connectivity index (χ2v) is 12.6. The van der Waals surface area contributed by atoms with Gasteiger partial charge in [0.2, 0.25) is 10.0 Å². The van der Waals surface area contributed by atoms with E-state index in [2.05, 4.69) is 0 Å². The molecular weight excluding hydrogens is 543 g/mol. The van der Waals surface area contributed by atoms with Crippen LogP contribution in [0.25, 0.3) is 11.1 Å². The summed E-state index contributed by atoms with van der Waals surface area (Å²) < 4.78 is 73.9. The van der Waals surface area contributed by atoms with Gasteiger partial charge in [0.15, 0.2) is 0 Å². The first-order valence-electron chi connectivity index (χ1n) is 12.9. The molecular formula is C30H31F3NO5S-. The van der Waals surface area contributed by atoms with E-state index in [9.17, 15) is 31.5 Å². The SMILES string of the molecule is CCC(Oc1ccc(S(=O)(=O)N2CC(C)(C)c3ccc(-c4ccc(C(F)(F)F)cc4)cc3C2C)cc1C)C(=O)[O-]. The van der Waals surface area contributed by atoms with Crippen molar-refractivity contribution in [2.75, 3.05) is 6.54 Å². The molecule has 0 bridgehead atoms. The molecule has 4 rings (SSSR count). The summed E-state index contributed by atoms with van der Waals surface area (Å²) in [5.74, 6) is -1.09. The zero-order chi connectivity index (χ0) is 29.6. The van der Waals surface area contributed by atoms with Gasteiger partial charge in [-0.05, 0) is 84.5 Å². The number of alkyl halides is 3. The Balaban J connectivity index is 1.69. The third-order valence-electron chi connectivity index (χ3n) is 7.42. The number of carbonyl (C=O) groups excluding carboxylic acids is 1. The van der Waals surface area contributed by atoms with Crippen LogP contribution in [0.15, 0.2) is 65.6 Å². The number of hydrogen-bond donors (Lipinski definition) is 0. The molecule has 6 nitrogen and oxygen atoms in total. The van der Waals surface area contributed by atoms with Gasteiger partial charge in [0.05, 0.1) is 16.4 Å². The molecule has 40 heavy (non-hydrogen) atoms. The number of benzene rings is 3. The molecule has 1 aliphatic heterocycles. The summed E-state index contributed by atoms with van der Waals surface area (Å²) in [6, 6.07) is 14.2. The number of aryl methyl sites for hydroxylation is 1. The molecule has 2 atom stereocenters. The molecule has 1 heterocycles. The fraction of sp³-hybridized carbons (Fsp3) is 0.367. The molecule has 0 amide bonds. The molecule has 0 radical (unpaired) electrons. The molecule has 3 aromatic rings. The van der Waals surface area contributed by atoms with Crippen molar-refractivity contribution in [2.24, 2.45) is 0 Å². The third kappa shape index (κ3) is 5.60. The summed E-state index contributed by atoms with van der Waals surface area (Å²) >= 11 is 0. The number of rotatable bonds is 7. The van der Waals surface area contributed by atoms with Crippen molar-refractivity contribution < 1.29 is 36.2 Å². The van der Waals surface area contributed by atoms with Crippen molar-refractivity contribution in [1.29, 1.82) is 0 Å². The Hall–Kier alpha value is -3.37. The normalized spacial score (nSPS) is 18.1. The molecule has 10 heteroatoms. The molecule has 214 valence electrons. The summed E-state index contributed by atoms with van der Waals surface area (Å²) in [5, 5.41) is 11.3. The first-order valence-corrected chi connectivity index (χ1v) is 14.3. The Morgan fingerprint density at radius 3 is 2.25 bits per heavy atom. The van der Waals surface area contributed by atoms with Crippen LogP contribution >= 0.6 is 0 Å². The predicted molar refractivity (Wildman–Crippen MR) is 143 cm³/mol. The number of carboxylic acids is 1. The molecule has 0 fully saturated rings. The van der Waals surface area contributed by atoms with Crippen molar-refractivity contribution in [3.63, 3.8) is 0 Å². The minimum atomic E-state index is -4.43. The van der Waals surface area contributed by atoms with Gasteiger partial charge in [0.25, 0.3) is 0 Å². The first-order chi connectivity index (χ1) is 18.6. The minimum Gasteiger partial charge on any atom is -0.546 e. The molecule has 0 spiro atoms. The molecule has 0 saturated carbocycles. The lowest BCUT2D eigenvalue weighted by Gasteiger charge is -2.43. The highest BCUT2D eigenvalue weighted by atomic mass is 32.2. The fourth-order valence-corrected chi connectivity index (χ4v) is 6.98. The topological polar surface area (TPSA) is 86.7 Å². The van der Waals surface area contributed by atoms with E-state index >= 15 is 0 Å². The average molecular weight is 575 g/mol. The van der Waals surface area contributed by atoms with Gasteiger partial charge in [-0.25, -0.2) is 8.42 Å². The summed E-state index contributed by atoms with van der Waals surface area (Å²) in [6.45, 7) is 9.19. The standard InChI is InChI=1S/C30H32F3NO5S/c1-6-26(28(35)36)39-27-14-12-23(15-18(27)2)40(37,38)34-17-29(4,5)25-13-9-21(16-24(25)19(34)3)20-7-10-22(11-8-20)30(31,32)33/h7-16,19,26H,6,17H2,1-5H3,(H,35,36)/p-1. The van der Waals surface area contributed by atoms with E-state index in [4.69, 9.17) is 4.74 Å². The van der Waals surface area contributed by atoms with Gasteiger partial charge >= 0.3 is 6.18 Å². The van der Waals surface area contributed by atoms with E-state index in [1.807, 2.05) is 32.0 Å². The molecule has 2 unspecified atom stereocenters. The van der Waals surface area contributed by atoms with Crippen molar-refractivity contribution in [1.82, 2.24) is 4.31 Å². The van der Waals surface area contributed by atoms with Gasteiger partial charge in [0, 0.05) is 18.0 Å². The van der Waals surface area contributed by atoms with E-state index in [0.717, 1.165) is 23.3 Å². The summed E-state index contributed by atoms with van der Waals surface area (Å²) in [5.41, 5.74) is 2.20. The quantitative estimate of drug-likeness (QED) is 0.365. The van der Waals surface area contributed by atoms with Crippen molar-refractivity contribution >= 4 is 16.0 Å². The molecule has 1 aliphatic rings. The highest BCUT2D eigenvalue weighted by Crippen LogP contribution is 2.44. The van der Waals surface area contributed by atoms with Crippen LogP contribution in [0.3, 0.4) is 0 Å². The summed E-state index contributed by atoms with van der Waals surface area (Å²) in [4.78, 5) is 11.3. The second kappa shape index (κ2) is 10.6. The van der Waals surface area contributed by atoms with Crippen LogP contribution in [0, 0.1) is 6.92 Å². The van der Waals surface area contributed by atoms with Gasteiger partial charge in [-0.1, -0.05) is 45.0 Å². The number of sulfonamides is 1. The highest BCUT2D eigenvalue weighted by molar-refractivity contribution is 7.89. The Morgan fingerprint density at radius 1 is 1.07 bits per heavy atom. The fourth-order valence-electron chi connectivity index (χ4n) is 5.12. The van der Waals surface area contributed by atoms with Crippen LogP contribution in [0.2, 0.25) is 0 Å². The number of halogens is 3. The maximum absolute atomic E-state index is 13.9. The Labute approximate surface area is 232 Å². The van der Waals surface area contributed by atoms with Crippen molar-refractivity contribution in [3.05, 3.63) is 82.9 Å². The van der Waals surface area contributed by atoms with Gasteiger partial charge in [-0.3, -0.25) is 0 Å². The van der Waals surface area contributed by atoms with Gasteiger partial charge < -0.3 is 14.6 Å². The van der Waals surface area contributed by atoms with E-state index in [1.54, 1.807) is 20.8 Å². The van der Waals surface area contributed by atoms with Gasteiger partial charge in [-0.2, -0.15) is 17.5 Å². The number of hydrogen-bond acceptors (Lipinski definition) is 5. The zero-order valence-electron chi connectivity index (χ0n) is 22.9. The molecule has 0 aliphatic carbocycles. The lowest BCUT2D eigenvalue weighted by atomic mass is 9.76. The number of ether oxygens (including phenoxy) is 1. The van der Waals surface area contributed by atoms with E-state index in [-0.39, 0.29) is 23.6 Å². The first kappa shape index (κ1) is 29.6.